The van der Waals surface area contributed by atoms with Gasteiger partial charge in [0.25, 0.3) is 0 Å². The Morgan fingerprint density at radius 3 is 2.94 bits per heavy atom. The molecule has 1 aliphatic rings. The van der Waals surface area contributed by atoms with Gasteiger partial charge in [-0.25, -0.2) is 4.98 Å². The number of aromatic nitrogens is 1. The van der Waals surface area contributed by atoms with Gasteiger partial charge >= 0.3 is 0 Å². The van der Waals surface area contributed by atoms with E-state index in [1.54, 1.807) is 6.20 Å². The quantitative estimate of drug-likeness (QED) is 0.809. The number of halogens is 1. The third kappa shape index (κ3) is 2.82. The van der Waals surface area contributed by atoms with Crippen molar-refractivity contribution in [2.24, 2.45) is 0 Å². The summed E-state index contributed by atoms with van der Waals surface area (Å²) in [4.78, 5) is 26.7. The van der Waals surface area contributed by atoms with Crippen molar-refractivity contribution in [3.05, 3.63) is 22.3 Å². The number of hydrogen-bond donors (Lipinski definition) is 2. The summed E-state index contributed by atoms with van der Waals surface area (Å²) in [5, 5.41) is 5.32. The first-order chi connectivity index (χ1) is 8.06. The molecule has 0 radical (unpaired) electrons. The molecule has 2 heterocycles. The van der Waals surface area contributed by atoms with Crippen LogP contribution in [0.1, 0.15) is 18.4 Å². The van der Waals surface area contributed by atoms with Crippen molar-refractivity contribution in [2.45, 2.75) is 25.8 Å². The minimum Gasteiger partial charge on any atom is -0.358 e. The molecule has 0 bridgehead atoms. The third-order valence-electron chi connectivity index (χ3n) is 2.61. The molecule has 90 valence electrons. The lowest BCUT2D eigenvalue weighted by Crippen LogP contribution is -2.47. The SMILES string of the molecule is Cc1cc(NC2CCC(=O)NC2=O)ncc1Br. The fourth-order valence-corrected chi connectivity index (χ4v) is 1.84. The lowest BCUT2D eigenvalue weighted by Gasteiger charge is -2.22. The van der Waals surface area contributed by atoms with E-state index < -0.39 is 0 Å². The molecule has 0 saturated carbocycles. The van der Waals surface area contributed by atoms with Gasteiger partial charge in [-0.15, -0.1) is 0 Å². The second kappa shape index (κ2) is 4.83. The van der Waals surface area contributed by atoms with Gasteiger partial charge in [0.15, 0.2) is 0 Å². The molecule has 0 spiro atoms. The summed E-state index contributed by atoms with van der Waals surface area (Å²) in [5.74, 6) is 0.136. The molecular formula is C11H12BrN3O2. The Kier molecular flexibility index (Phi) is 3.42. The fourth-order valence-electron chi connectivity index (χ4n) is 1.63. The van der Waals surface area contributed by atoms with Gasteiger partial charge in [0.05, 0.1) is 0 Å². The Balaban J connectivity index is 2.08. The predicted molar refractivity (Wildman–Crippen MR) is 66.5 cm³/mol. The Hall–Kier alpha value is -1.43. The Labute approximate surface area is 107 Å². The average molecular weight is 298 g/mol. The molecule has 1 aliphatic heterocycles. The predicted octanol–water partition coefficient (Wildman–Crippen LogP) is 1.37. The summed E-state index contributed by atoms with van der Waals surface area (Å²) in [6.45, 7) is 1.95. The lowest BCUT2D eigenvalue weighted by atomic mass is 10.1. The van der Waals surface area contributed by atoms with Crippen molar-refractivity contribution in [3.63, 3.8) is 0 Å². The Morgan fingerprint density at radius 1 is 1.53 bits per heavy atom. The standard InChI is InChI=1S/C11H12BrN3O2/c1-6-4-9(13-5-7(6)12)14-8-2-3-10(16)15-11(8)17/h4-5,8H,2-3H2,1H3,(H,13,14)(H,15,16,17). The topological polar surface area (TPSA) is 71.1 Å². The number of amides is 2. The highest BCUT2D eigenvalue weighted by atomic mass is 79.9. The molecule has 1 fully saturated rings. The lowest BCUT2D eigenvalue weighted by molar-refractivity contribution is -0.133. The van der Waals surface area contributed by atoms with Crippen molar-refractivity contribution in [1.29, 1.82) is 0 Å². The molecule has 0 aromatic carbocycles. The van der Waals surface area contributed by atoms with E-state index in [-0.39, 0.29) is 17.9 Å². The van der Waals surface area contributed by atoms with Gasteiger partial charge in [-0.3, -0.25) is 14.9 Å². The van der Waals surface area contributed by atoms with Crippen LogP contribution in [0.4, 0.5) is 5.82 Å². The Bertz CT molecular complexity index is 476. The van der Waals surface area contributed by atoms with Crippen LogP contribution in [-0.4, -0.2) is 22.8 Å². The first kappa shape index (κ1) is 12.0. The van der Waals surface area contributed by atoms with Crippen molar-refractivity contribution >= 4 is 33.6 Å². The number of carbonyl (C=O) groups excluding carboxylic acids is 2. The van der Waals surface area contributed by atoms with Crippen LogP contribution in [0.25, 0.3) is 0 Å². The smallest absolute Gasteiger partial charge is 0.249 e. The minimum absolute atomic E-state index is 0.215. The van der Waals surface area contributed by atoms with E-state index in [4.69, 9.17) is 0 Å². The number of hydrogen-bond acceptors (Lipinski definition) is 4. The monoisotopic (exact) mass is 297 g/mol. The van der Waals surface area contributed by atoms with Crippen LogP contribution in [0.2, 0.25) is 0 Å². The number of nitrogens with zero attached hydrogens (tertiary/aromatic N) is 1. The number of pyridine rings is 1. The van der Waals surface area contributed by atoms with E-state index in [0.717, 1.165) is 10.0 Å². The maximum Gasteiger partial charge on any atom is 0.249 e. The van der Waals surface area contributed by atoms with Crippen LogP contribution in [0, 0.1) is 6.92 Å². The second-order valence-corrected chi connectivity index (χ2v) is 4.82. The highest BCUT2D eigenvalue weighted by molar-refractivity contribution is 9.10. The van der Waals surface area contributed by atoms with Crippen LogP contribution in [0.3, 0.4) is 0 Å². The van der Waals surface area contributed by atoms with Gasteiger partial charge in [0.1, 0.15) is 11.9 Å². The summed E-state index contributed by atoms with van der Waals surface area (Å²) >= 11 is 3.36. The van der Waals surface area contributed by atoms with Crippen LogP contribution < -0.4 is 10.6 Å². The fraction of sp³-hybridized carbons (Fsp3) is 0.364. The van der Waals surface area contributed by atoms with Crippen molar-refractivity contribution in [3.8, 4) is 0 Å². The van der Waals surface area contributed by atoms with E-state index >= 15 is 0 Å². The summed E-state index contributed by atoms with van der Waals surface area (Å²) in [7, 11) is 0. The first-order valence-electron chi connectivity index (χ1n) is 5.28. The number of aryl methyl sites for hydroxylation is 1. The van der Waals surface area contributed by atoms with Crippen LogP contribution >= 0.6 is 15.9 Å². The zero-order valence-electron chi connectivity index (χ0n) is 9.29. The van der Waals surface area contributed by atoms with Gasteiger partial charge in [-0.2, -0.15) is 0 Å². The minimum atomic E-state index is -0.388. The molecule has 1 atom stereocenters. The molecular weight excluding hydrogens is 286 g/mol. The molecule has 2 rings (SSSR count). The van der Waals surface area contributed by atoms with Gasteiger partial charge < -0.3 is 5.32 Å². The third-order valence-corrected chi connectivity index (χ3v) is 3.44. The van der Waals surface area contributed by atoms with Crippen molar-refractivity contribution < 1.29 is 9.59 Å². The molecule has 2 N–H and O–H groups in total. The highest BCUT2D eigenvalue weighted by Gasteiger charge is 2.26. The number of carbonyl (C=O) groups is 2. The molecule has 1 aromatic rings. The molecule has 1 aromatic heterocycles. The molecule has 5 nitrogen and oxygen atoms in total. The largest absolute Gasteiger partial charge is 0.358 e. The molecule has 6 heteroatoms. The van der Waals surface area contributed by atoms with E-state index in [1.807, 2.05) is 13.0 Å². The highest BCUT2D eigenvalue weighted by Crippen LogP contribution is 2.19. The van der Waals surface area contributed by atoms with E-state index in [0.29, 0.717) is 18.7 Å². The first-order valence-corrected chi connectivity index (χ1v) is 6.08. The number of nitrogens with one attached hydrogen (secondary N) is 2. The maximum atomic E-state index is 11.5. The number of anilines is 1. The number of rotatable bonds is 2. The zero-order chi connectivity index (χ0) is 12.4. The molecule has 1 unspecified atom stereocenters. The molecule has 0 aliphatic carbocycles. The average Bonchev–Trinajstić information content (AvgIpc) is 2.27. The zero-order valence-corrected chi connectivity index (χ0v) is 10.9. The molecule has 2 amide bonds. The van der Waals surface area contributed by atoms with E-state index in [9.17, 15) is 9.59 Å². The van der Waals surface area contributed by atoms with Gasteiger partial charge in [-0.1, -0.05) is 0 Å². The summed E-state index contributed by atoms with van der Waals surface area (Å²) < 4.78 is 0.923. The van der Waals surface area contributed by atoms with Crippen LogP contribution in [-0.2, 0) is 9.59 Å². The van der Waals surface area contributed by atoms with Gasteiger partial charge in [0.2, 0.25) is 11.8 Å². The van der Waals surface area contributed by atoms with Crippen molar-refractivity contribution in [1.82, 2.24) is 10.3 Å². The van der Waals surface area contributed by atoms with Gasteiger partial charge in [-0.05, 0) is 40.9 Å². The second-order valence-electron chi connectivity index (χ2n) is 3.97. The van der Waals surface area contributed by atoms with E-state index in [2.05, 4.69) is 31.5 Å². The number of piperidine rings is 1. The Morgan fingerprint density at radius 2 is 2.29 bits per heavy atom. The summed E-state index contributed by atoms with van der Waals surface area (Å²) in [5.41, 5.74) is 1.04. The molecule has 1 saturated heterocycles. The van der Waals surface area contributed by atoms with Crippen LogP contribution in [0.5, 0.6) is 0 Å². The molecule has 17 heavy (non-hydrogen) atoms. The normalized spacial score (nSPS) is 20.0. The maximum absolute atomic E-state index is 11.5. The van der Waals surface area contributed by atoms with E-state index in [1.165, 1.54) is 0 Å². The number of imide groups is 1. The summed E-state index contributed by atoms with van der Waals surface area (Å²) in [6, 6.07) is 1.47. The summed E-state index contributed by atoms with van der Waals surface area (Å²) in [6.07, 6.45) is 2.55. The van der Waals surface area contributed by atoms with Crippen LogP contribution in [0.15, 0.2) is 16.7 Å². The van der Waals surface area contributed by atoms with Gasteiger partial charge in [0, 0.05) is 17.1 Å². The van der Waals surface area contributed by atoms with Crippen molar-refractivity contribution in [2.75, 3.05) is 5.32 Å².